The van der Waals surface area contributed by atoms with E-state index in [9.17, 15) is 9.18 Å². The Morgan fingerprint density at radius 1 is 1.44 bits per heavy atom. The SMILES string of the molecule is CCOC(=O)[C@H]1CNCC[C@H]1c1ccc(F)cc1. The molecule has 0 aromatic heterocycles. The molecule has 0 bridgehead atoms. The van der Waals surface area contributed by atoms with Crippen molar-refractivity contribution in [3.63, 3.8) is 0 Å². The summed E-state index contributed by atoms with van der Waals surface area (Å²) in [4.78, 5) is 11.9. The first-order valence-corrected chi connectivity index (χ1v) is 6.35. The Kier molecular flexibility index (Phi) is 4.31. The number of ether oxygens (including phenoxy) is 1. The second-order valence-electron chi connectivity index (χ2n) is 4.51. The largest absolute Gasteiger partial charge is 0.466 e. The fourth-order valence-electron chi connectivity index (χ4n) is 2.46. The lowest BCUT2D eigenvalue weighted by Crippen LogP contribution is -2.40. The third kappa shape index (κ3) is 2.88. The first-order valence-electron chi connectivity index (χ1n) is 6.35. The summed E-state index contributed by atoms with van der Waals surface area (Å²) < 4.78 is 18.0. The molecule has 18 heavy (non-hydrogen) atoms. The first kappa shape index (κ1) is 13.0. The summed E-state index contributed by atoms with van der Waals surface area (Å²) in [5.41, 5.74) is 1.01. The molecular weight excluding hydrogens is 233 g/mol. The highest BCUT2D eigenvalue weighted by Gasteiger charge is 2.32. The van der Waals surface area contributed by atoms with Crippen LogP contribution in [0.15, 0.2) is 24.3 Å². The molecule has 1 aromatic carbocycles. The van der Waals surface area contributed by atoms with Gasteiger partial charge in [-0.3, -0.25) is 4.79 Å². The van der Waals surface area contributed by atoms with Gasteiger partial charge in [0.25, 0.3) is 0 Å². The summed E-state index contributed by atoms with van der Waals surface area (Å²) in [6.07, 6.45) is 0.870. The van der Waals surface area contributed by atoms with Crippen LogP contribution in [-0.4, -0.2) is 25.7 Å². The second-order valence-corrected chi connectivity index (χ2v) is 4.51. The van der Waals surface area contributed by atoms with Crippen LogP contribution >= 0.6 is 0 Å². The molecule has 1 heterocycles. The summed E-state index contributed by atoms with van der Waals surface area (Å²) in [5, 5.41) is 3.21. The van der Waals surface area contributed by atoms with Crippen molar-refractivity contribution >= 4 is 5.97 Å². The maximum absolute atomic E-state index is 12.9. The molecule has 1 aliphatic heterocycles. The van der Waals surface area contributed by atoms with E-state index < -0.39 is 0 Å². The highest BCUT2D eigenvalue weighted by molar-refractivity contribution is 5.74. The number of hydrogen-bond acceptors (Lipinski definition) is 3. The van der Waals surface area contributed by atoms with E-state index in [1.165, 1.54) is 12.1 Å². The van der Waals surface area contributed by atoms with Gasteiger partial charge in [0.2, 0.25) is 0 Å². The van der Waals surface area contributed by atoms with Crippen LogP contribution in [0, 0.1) is 11.7 Å². The zero-order valence-electron chi connectivity index (χ0n) is 10.5. The highest BCUT2D eigenvalue weighted by Crippen LogP contribution is 2.31. The molecular formula is C14H18FNO2. The smallest absolute Gasteiger partial charge is 0.310 e. The minimum absolute atomic E-state index is 0.117. The van der Waals surface area contributed by atoms with Crippen LogP contribution in [0.5, 0.6) is 0 Å². The third-order valence-electron chi connectivity index (χ3n) is 3.37. The molecule has 1 aliphatic rings. The Balaban J connectivity index is 2.17. The van der Waals surface area contributed by atoms with E-state index in [4.69, 9.17) is 4.74 Å². The minimum atomic E-state index is -0.250. The van der Waals surface area contributed by atoms with Gasteiger partial charge < -0.3 is 10.1 Å². The maximum Gasteiger partial charge on any atom is 0.310 e. The molecule has 0 amide bonds. The molecule has 0 radical (unpaired) electrons. The number of nitrogens with one attached hydrogen (secondary N) is 1. The highest BCUT2D eigenvalue weighted by atomic mass is 19.1. The molecule has 2 atom stereocenters. The molecule has 0 spiro atoms. The fraction of sp³-hybridized carbons (Fsp3) is 0.500. The van der Waals surface area contributed by atoms with Gasteiger partial charge in [-0.15, -0.1) is 0 Å². The van der Waals surface area contributed by atoms with Gasteiger partial charge in [-0.2, -0.15) is 0 Å². The Morgan fingerprint density at radius 2 is 2.17 bits per heavy atom. The zero-order chi connectivity index (χ0) is 13.0. The maximum atomic E-state index is 12.9. The van der Waals surface area contributed by atoms with Gasteiger partial charge in [0.05, 0.1) is 12.5 Å². The Hall–Kier alpha value is -1.42. The Labute approximate surface area is 106 Å². The number of piperidine rings is 1. The molecule has 1 saturated heterocycles. The van der Waals surface area contributed by atoms with Gasteiger partial charge in [-0.05, 0) is 43.5 Å². The molecule has 0 unspecified atom stereocenters. The summed E-state index contributed by atoms with van der Waals surface area (Å²) in [7, 11) is 0. The lowest BCUT2D eigenvalue weighted by atomic mass is 9.81. The molecule has 0 saturated carbocycles. The van der Waals surface area contributed by atoms with E-state index in [1.54, 1.807) is 19.1 Å². The van der Waals surface area contributed by atoms with E-state index in [0.717, 1.165) is 18.5 Å². The van der Waals surface area contributed by atoms with Crippen molar-refractivity contribution in [1.82, 2.24) is 5.32 Å². The van der Waals surface area contributed by atoms with Crippen molar-refractivity contribution in [1.29, 1.82) is 0 Å². The van der Waals surface area contributed by atoms with Crippen molar-refractivity contribution in [2.45, 2.75) is 19.3 Å². The van der Waals surface area contributed by atoms with Crippen molar-refractivity contribution in [3.05, 3.63) is 35.6 Å². The molecule has 3 nitrogen and oxygen atoms in total. The molecule has 1 N–H and O–H groups in total. The summed E-state index contributed by atoms with van der Waals surface area (Å²) in [6.45, 7) is 3.70. The number of rotatable bonds is 3. The first-order chi connectivity index (χ1) is 8.72. The van der Waals surface area contributed by atoms with Crippen LogP contribution in [0.4, 0.5) is 4.39 Å². The number of carbonyl (C=O) groups is 1. The van der Waals surface area contributed by atoms with Crippen LogP contribution in [0.3, 0.4) is 0 Å². The second kappa shape index (κ2) is 5.96. The standard InChI is InChI=1S/C14H18FNO2/c1-2-18-14(17)13-9-16-8-7-12(13)10-3-5-11(15)6-4-10/h3-6,12-13,16H,2,7-9H2,1H3/t12-,13-/m0/s1. The van der Waals surface area contributed by atoms with Gasteiger partial charge in [0.15, 0.2) is 0 Å². The Morgan fingerprint density at radius 3 is 2.83 bits per heavy atom. The van der Waals surface area contributed by atoms with Crippen molar-refractivity contribution < 1.29 is 13.9 Å². The normalized spacial score (nSPS) is 23.7. The van der Waals surface area contributed by atoms with Gasteiger partial charge >= 0.3 is 5.97 Å². The van der Waals surface area contributed by atoms with E-state index in [1.807, 2.05) is 0 Å². The number of esters is 1. The molecule has 1 fully saturated rings. The summed E-state index contributed by atoms with van der Waals surface area (Å²) in [6, 6.07) is 6.41. The van der Waals surface area contributed by atoms with Crippen LogP contribution in [0.25, 0.3) is 0 Å². The number of benzene rings is 1. The molecule has 0 aliphatic carbocycles. The summed E-state index contributed by atoms with van der Waals surface area (Å²) >= 11 is 0. The minimum Gasteiger partial charge on any atom is -0.466 e. The lowest BCUT2D eigenvalue weighted by Gasteiger charge is -2.30. The number of hydrogen-bond donors (Lipinski definition) is 1. The Bertz CT molecular complexity index is 405. The average molecular weight is 251 g/mol. The quantitative estimate of drug-likeness (QED) is 0.836. The van der Waals surface area contributed by atoms with E-state index in [2.05, 4.69) is 5.32 Å². The van der Waals surface area contributed by atoms with E-state index >= 15 is 0 Å². The fourth-order valence-corrected chi connectivity index (χ4v) is 2.46. The van der Waals surface area contributed by atoms with Gasteiger partial charge in [-0.1, -0.05) is 12.1 Å². The van der Waals surface area contributed by atoms with Crippen molar-refractivity contribution in [3.8, 4) is 0 Å². The van der Waals surface area contributed by atoms with Crippen LogP contribution in [0.1, 0.15) is 24.8 Å². The van der Waals surface area contributed by atoms with Crippen molar-refractivity contribution in [2.75, 3.05) is 19.7 Å². The topological polar surface area (TPSA) is 38.3 Å². The molecule has 98 valence electrons. The number of carbonyl (C=O) groups excluding carboxylic acids is 1. The monoisotopic (exact) mass is 251 g/mol. The van der Waals surface area contributed by atoms with Gasteiger partial charge in [0, 0.05) is 6.54 Å². The predicted octanol–water partition coefficient (Wildman–Crippen LogP) is 2.08. The average Bonchev–Trinajstić information content (AvgIpc) is 2.40. The molecule has 4 heteroatoms. The molecule has 2 rings (SSSR count). The third-order valence-corrected chi connectivity index (χ3v) is 3.37. The van der Waals surface area contributed by atoms with Gasteiger partial charge in [-0.25, -0.2) is 4.39 Å². The van der Waals surface area contributed by atoms with E-state index in [-0.39, 0.29) is 23.6 Å². The van der Waals surface area contributed by atoms with Gasteiger partial charge in [0.1, 0.15) is 5.82 Å². The zero-order valence-corrected chi connectivity index (χ0v) is 10.5. The van der Waals surface area contributed by atoms with Crippen LogP contribution in [0.2, 0.25) is 0 Å². The van der Waals surface area contributed by atoms with Crippen LogP contribution in [-0.2, 0) is 9.53 Å². The van der Waals surface area contributed by atoms with E-state index in [0.29, 0.717) is 13.2 Å². The predicted molar refractivity (Wildman–Crippen MR) is 66.8 cm³/mol. The number of halogens is 1. The summed E-state index contributed by atoms with van der Waals surface area (Å²) in [5.74, 6) is -0.477. The lowest BCUT2D eigenvalue weighted by molar-refractivity contribution is -0.149. The van der Waals surface area contributed by atoms with Crippen LogP contribution < -0.4 is 5.32 Å². The molecule has 1 aromatic rings. The van der Waals surface area contributed by atoms with Crippen molar-refractivity contribution in [2.24, 2.45) is 5.92 Å².